The highest BCUT2D eigenvalue weighted by Gasteiger charge is 2.46. The zero-order chi connectivity index (χ0) is 13.0. The van der Waals surface area contributed by atoms with Gasteiger partial charge in [-0.1, -0.05) is 26.8 Å². The largest absolute Gasteiger partial charge is 0.258 e. The lowest BCUT2D eigenvalue weighted by Crippen LogP contribution is -2.19. The summed E-state index contributed by atoms with van der Waals surface area (Å²) < 4.78 is 27.8. The highest BCUT2D eigenvalue weighted by Crippen LogP contribution is 2.48. The summed E-state index contributed by atoms with van der Waals surface area (Å²) >= 11 is 0. The summed E-state index contributed by atoms with van der Waals surface area (Å²) in [5.74, 6) is -2.91. The summed E-state index contributed by atoms with van der Waals surface area (Å²) in [6, 6.07) is 2.09. The van der Waals surface area contributed by atoms with Crippen LogP contribution in [0.4, 0.5) is 8.78 Å². The molecule has 0 aromatic heterocycles. The van der Waals surface area contributed by atoms with Crippen LogP contribution in [0.2, 0.25) is 0 Å². The Labute approximate surface area is 102 Å². The minimum Gasteiger partial charge on any atom is -0.206 e. The molecule has 2 rings (SSSR count). The van der Waals surface area contributed by atoms with E-state index in [1.807, 2.05) is 13.8 Å². The van der Waals surface area contributed by atoms with Crippen LogP contribution in [-0.4, -0.2) is 5.92 Å². The summed E-state index contributed by atoms with van der Waals surface area (Å²) in [5, 5.41) is 0. The van der Waals surface area contributed by atoms with Crippen LogP contribution in [0.3, 0.4) is 0 Å². The Morgan fingerprint density at radius 1 is 1.29 bits per heavy atom. The molecule has 0 radical (unpaired) electrons. The Hall–Kier alpha value is -0.920. The van der Waals surface area contributed by atoms with Crippen molar-refractivity contribution < 1.29 is 8.78 Å². The lowest BCUT2D eigenvalue weighted by molar-refractivity contribution is -0.0100. The quantitative estimate of drug-likeness (QED) is 0.664. The van der Waals surface area contributed by atoms with Crippen LogP contribution in [0.15, 0.2) is 6.07 Å². The van der Waals surface area contributed by atoms with Crippen molar-refractivity contribution in [1.82, 2.24) is 0 Å². The van der Waals surface area contributed by atoms with Crippen LogP contribution in [-0.2, 0) is 6.42 Å². The first-order chi connectivity index (χ1) is 7.75. The number of hydrogen-bond acceptors (Lipinski definition) is 0. The van der Waals surface area contributed by atoms with Gasteiger partial charge in [-0.2, -0.15) is 0 Å². The molecular weight excluding hydrogens is 218 g/mol. The average Bonchev–Trinajstić information content (AvgIpc) is 2.44. The van der Waals surface area contributed by atoms with Crippen LogP contribution >= 0.6 is 0 Å². The van der Waals surface area contributed by atoms with E-state index < -0.39 is 11.8 Å². The third-order valence-corrected chi connectivity index (χ3v) is 4.14. The number of fused-ring (bicyclic) bond motifs is 1. The highest BCUT2D eigenvalue weighted by atomic mass is 19.3. The highest BCUT2D eigenvalue weighted by molar-refractivity contribution is 5.52. The Balaban J connectivity index is 2.70. The van der Waals surface area contributed by atoms with Crippen LogP contribution < -0.4 is 0 Å². The molecule has 0 bridgehead atoms. The topological polar surface area (TPSA) is 0 Å². The normalized spacial score (nSPS) is 22.0. The van der Waals surface area contributed by atoms with Gasteiger partial charge in [-0.05, 0) is 47.6 Å². The molecule has 0 heterocycles. The summed E-state index contributed by atoms with van der Waals surface area (Å²) in [7, 11) is 0. The average molecular weight is 238 g/mol. The molecule has 0 fully saturated rings. The maximum absolute atomic E-state index is 13.9. The summed E-state index contributed by atoms with van der Waals surface area (Å²) in [4.78, 5) is 0. The minimum atomic E-state index is -2.58. The van der Waals surface area contributed by atoms with Gasteiger partial charge in [0.15, 0.2) is 0 Å². The fourth-order valence-electron chi connectivity index (χ4n) is 2.92. The second-order valence-corrected chi connectivity index (χ2v) is 5.61. The van der Waals surface area contributed by atoms with Crippen LogP contribution in [0, 0.1) is 13.8 Å². The van der Waals surface area contributed by atoms with E-state index in [4.69, 9.17) is 0 Å². The van der Waals surface area contributed by atoms with Gasteiger partial charge in [0.1, 0.15) is 0 Å². The molecule has 1 aliphatic carbocycles. The van der Waals surface area contributed by atoms with Crippen molar-refractivity contribution in [3.05, 3.63) is 33.9 Å². The number of hydrogen-bond donors (Lipinski definition) is 0. The number of alkyl halides is 2. The van der Waals surface area contributed by atoms with Gasteiger partial charge < -0.3 is 0 Å². The minimum absolute atomic E-state index is 0.0852. The number of benzene rings is 1. The SMILES string of the molecule is Cc1cc(C(C)C)c2c(c1C)C(C)C(F)(F)C2. The van der Waals surface area contributed by atoms with E-state index in [0.29, 0.717) is 5.92 Å². The number of halogens is 2. The van der Waals surface area contributed by atoms with E-state index in [-0.39, 0.29) is 6.42 Å². The fraction of sp³-hybridized carbons (Fsp3) is 0.600. The summed E-state index contributed by atoms with van der Waals surface area (Å²) in [6.07, 6.45) is -0.0852. The van der Waals surface area contributed by atoms with Gasteiger partial charge in [-0.25, -0.2) is 8.78 Å². The van der Waals surface area contributed by atoms with E-state index in [9.17, 15) is 8.78 Å². The van der Waals surface area contributed by atoms with E-state index in [0.717, 1.165) is 27.8 Å². The van der Waals surface area contributed by atoms with Crippen molar-refractivity contribution in [2.45, 2.75) is 58.8 Å². The second-order valence-electron chi connectivity index (χ2n) is 5.61. The third kappa shape index (κ3) is 1.78. The smallest absolute Gasteiger partial charge is 0.206 e. The van der Waals surface area contributed by atoms with Crippen molar-refractivity contribution >= 4 is 0 Å². The van der Waals surface area contributed by atoms with Gasteiger partial charge in [0.2, 0.25) is 0 Å². The first-order valence-electron chi connectivity index (χ1n) is 6.26. The lowest BCUT2D eigenvalue weighted by Gasteiger charge is -2.18. The van der Waals surface area contributed by atoms with Crippen molar-refractivity contribution in [2.75, 3.05) is 0 Å². The predicted molar refractivity (Wildman–Crippen MR) is 67.1 cm³/mol. The molecule has 0 spiro atoms. The summed E-state index contributed by atoms with van der Waals surface area (Å²) in [6.45, 7) is 9.79. The lowest BCUT2D eigenvalue weighted by atomic mass is 9.87. The number of rotatable bonds is 1. The van der Waals surface area contributed by atoms with Crippen LogP contribution in [0.1, 0.15) is 60.4 Å². The zero-order valence-corrected chi connectivity index (χ0v) is 11.2. The molecule has 0 saturated carbocycles. The zero-order valence-electron chi connectivity index (χ0n) is 11.2. The van der Waals surface area contributed by atoms with Gasteiger partial charge in [0.25, 0.3) is 5.92 Å². The standard InChI is InChI=1S/C15H20F2/c1-8(2)12-6-9(3)10(4)14-11(5)15(16,17)7-13(12)14/h6,8,11H,7H2,1-5H3. The van der Waals surface area contributed by atoms with Crippen molar-refractivity contribution in [1.29, 1.82) is 0 Å². The molecule has 0 nitrogen and oxygen atoms in total. The molecule has 1 unspecified atom stereocenters. The van der Waals surface area contributed by atoms with E-state index in [1.165, 1.54) is 0 Å². The Morgan fingerprint density at radius 3 is 2.41 bits per heavy atom. The van der Waals surface area contributed by atoms with E-state index in [1.54, 1.807) is 6.92 Å². The molecule has 1 aromatic carbocycles. The first-order valence-corrected chi connectivity index (χ1v) is 6.26. The fourth-order valence-corrected chi connectivity index (χ4v) is 2.92. The Morgan fingerprint density at radius 2 is 1.88 bits per heavy atom. The molecule has 1 atom stereocenters. The molecule has 0 amide bonds. The van der Waals surface area contributed by atoms with Crippen LogP contribution in [0.5, 0.6) is 0 Å². The molecule has 0 aliphatic heterocycles. The molecule has 1 aromatic rings. The van der Waals surface area contributed by atoms with Gasteiger partial charge in [-0.3, -0.25) is 0 Å². The molecule has 0 N–H and O–H groups in total. The molecule has 0 saturated heterocycles. The van der Waals surface area contributed by atoms with E-state index in [2.05, 4.69) is 19.9 Å². The Kier molecular flexibility index (Phi) is 2.80. The molecule has 94 valence electrons. The third-order valence-electron chi connectivity index (χ3n) is 4.14. The van der Waals surface area contributed by atoms with E-state index >= 15 is 0 Å². The second kappa shape index (κ2) is 3.79. The predicted octanol–water partition coefficient (Wildman–Crippen LogP) is 4.72. The van der Waals surface area contributed by atoms with Gasteiger partial charge in [-0.15, -0.1) is 0 Å². The maximum atomic E-state index is 13.9. The first kappa shape index (κ1) is 12.5. The van der Waals surface area contributed by atoms with Crippen LogP contribution in [0.25, 0.3) is 0 Å². The molecule has 17 heavy (non-hydrogen) atoms. The van der Waals surface area contributed by atoms with Gasteiger partial charge >= 0.3 is 0 Å². The van der Waals surface area contributed by atoms with Gasteiger partial charge in [0.05, 0.1) is 0 Å². The summed E-state index contributed by atoms with van der Waals surface area (Å²) in [5.41, 5.74) is 5.09. The molecule has 2 heteroatoms. The van der Waals surface area contributed by atoms with Crippen molar-refractivity contribution in [3.63, 3.8) is 0 Å². The van der Waals surface area contributed by atoms with Gasteiger partial charge in [0, 0.05) is 12.3 Å². The molecular formula is C15H20F2. The monoisotopic (exact) mass is 238 g/mol. The van der Waals surface area contributed by atoms with Crippen molar-refractivity contribution in [2.24, 2.45) is 0 Å². The number of aryl methyl sites for hydroxylation is 1. The maximum Gasteiger partial charge on any atom is 0.258 e. The Bertz CT molecular complexity index is 458. The molecule has 1 aliphatic rings. The van der Waals surface area contributed by atoms with Crippen molar-refractivity contribution in [3.8, 4) is 0 Å².